The van der Waals surface area contributed by atoms with Gasteiger partial charge in [-0.3, -0.25) is 19.9 Å². The fourth-order valence-electron chi connectivity index (χ4n) is 3.17. The second-order valence-electron chi connectivity index (χ2n) is 7.94. The predicted octanol–water partition coefficient (Wildman–Crippen LogP) is 5.50. The topological polar surface area (TPSA) is 106 Å². The summed E-state index contributed by atoms with van der Waals surface area (Å²) in [6.07, 6.45) is 1.99. The van der Waals surface area contributed by atoms with E-state index in [0.717, 1.165) is 12.0 Å². The van der Waals surface area contributed by atoms with E-state index in [4.69, 9.17) is 9.05 Å². The second-order valence-corrected chi connectivity index (χ2v) is 9.30. The molecule has 0 bridgehead atoms. The van der Waals surface area contributed by atoms with Crippen molar-refractivity contribution in [2.24, 2.45) is 4.99 Å². The molecule has 0 radical (unpaired) electrons. The normalized spacial score (nSPS) is 13.7. The summed E-state index contributed by atoms with van der Waals surface area (Å²) < 4.78 is 14.2. The minimum atomic E-state index is -1.55. The maximum absolute atomic E-state index is 11.8. The minimum absolute atomic E-state index is 0.0287. The van der Waals surface area contributed by atoms with E-state index in [1.807, 2.05) is 41.5 Å². The van der Waals surface area contributed by atoms with E-state index >= 15 is 0 Å². The van der Waals surface area contributed by atoms with Gasteiger partial charge >= 0.3 is 8.53 Å². The number of nitro benzene ring substituents is 1. The maximum Gasteiger partial charge on any atom is 0.322 e. The van der Waals surface area contributed by atoms with Gasteiger partial charge in [-0.05, 0) is 59.6 Å². The quantitative estimate of drug-likeness (QED) is 0.127. The minimum Gasteiger partial charge on any atom is -0.425 e. The zero-order valence-electron chi connectivity index (χ0n) is 20.2. The molecule has 2 atom stereocenters. The lowest BCUT2D eigenvalue weighted by atomic mass is 10.0. The number of benzene rings is 1. The fraction of sp³-hybridized carbons (Fsp3) is 0.636. The monoisotopic (exact) mass is 468 g/mol. The Balaban J connectivity index is 3.19. The molecule has 32 heavy (non-hydrogen) atoms. The number of nitro groups is 1. The molecule has 1 amide bonds. The van der Waals surface area contributed by atoms with Crippen molar-refractivity contribution >= 4 is 26.5 Å². The molecule has 1 aromatic rings. The molecule has 1 rings (SSSR count). The maximum atomic E-state index is 11.8. The number of nitrogens with zero attached hydrogens (tertiary/aromatic N) is 3. The van der Waals surface area contributed by atoms with E-state index in [0.29, 0.717) is 25.1 Å². The molecule has 10 heteroatoms. The van der Waals surface area contributed by atoms with E-state index in [1.165, 1.54) is 12.5 Å². The molecule has 0 saturated carbocycles. The van der Waals surface area contributed by atoms with Gasteiger partial charge in [-0.1, -0.05) is 13.0 Å². The molecular weight excluding hydrogens is 431 g/mol. The zero-order chi connectivity index (χ0) is 24.3. The van der Waals surface area contributed by atoms with E-state index in [1.54, 1.807) is 19.1 Å². The highest BCUT2D eigenvalue weighted by Gasteiger charge is 2.32. The third-order valence-electron chi connectivity index (χ3n) is 4.58. The average Bonchev–Trinajstić information content (AvgIpc) is 2.71. The highest BCUT2D eigenvalue weighted by Crippen LogP contribution is 2.49. The number of hydrogen-bond acceptors (Lipinski definition) is 7. The van der Waals surface area contributed by atoms with Gasteiger partial charge in [-0.2, -0.15) is 0 Å². The Kier molecular flexibility index (Phi) is 12.3. The van der Waals surface area contributed by atoms with Gasteiger partial charge < -0.3 is 14.4 Å². The zero-order valence-corrected chi connectivity index (χ0v) is 21.1. The van der Waals surface area contributed by atoms with Gasteiger partial charge in [-0.25, -0.2) is 4.67 Å². The SMILES string of the molecule is CCCC(=O)NCc1ccc([N+](=O)[O-])c(C(C)OP(OC=NCC)N(C(C)C)C(C)C)c1. The van der Waals surface area contributed by atoms with Gasteiger partial charge in [0.2, 0.25) is 5.91 Å². The van der Waals surface area contributed by atoms with Crippen molar-refractivity contribution < 1.29 is 18.8 Å². The van der Waals surface area contributed by atoms with Crippen LogP contribution in [0.25, 0.3) is 0 Å². The number of carbonyl (C=O) groups excluding carboxylic acids is 1. The highest BCUT2D eigenvalue weighted by atomic mass is 31.2. The third-order valence-corrected chi connectivity index (χ3v) is 6.65. The van der Waals surface area contributed by atoms with Crippen LogP contribution < -0.4 is 5.32 Å². The van der Waals surface area contributed by atoms with Crippen molar-refractivity contribution in [3.8, 4) is 0 Å². The van der Waals surface area contributed by atoms with Gasteiger partial charge in [0.15, 0.2) is 6.40 Å². The Bertz CT molecular complexity index is 765. The molecule has 0 aliphatic heterocycles. The van der Waals surface area contributed by atoms with Gasteiger partial charge in [0.1, 0.15) is 0 Å². The lowest BCUT2D eigenvalue weighted by molar-refractivity contribution is -0.386. The lowest BCUT2D eigenvalue weighted by Gasteiger charge is -2.35. The molecule has 0 heterocycles. The van der Waals surface area contributed by atoms with Crippen LogP contribution in [0.3, 0.4) is 0 Å². The van der Waals surface area contributed by atoms with Crippen LogP contribution in [0.2, 0.25) is 0 Å². The number of carbonyl (C=O) groups is 1. The molecule has 0 aliphatic rings. The van der Waals surface area contributed by atoms with Crippen LogP contribution in [-0.4, -0.2) is 40.5 Å². The van der Waals surface area contributed by atoms with Crippen LogP contribution in [0.5, 0.6) is 0 Å². The molecule has 0 spiro atoms. The van der Waals surface area contributed by atoms with Crippen molar-refractivity contribution in [3.63, 3.8) is 0 Å². The van der Waals surface area contributed by atoms with Gasteiger partial charge in [-0.15, -0.1) is 0 Å². The Morgan fingerprint density at radius 3 is 2.44 bits per heavy atom. The summed E-state index contributed by atoms with van der Waals surface area (Å²) in [6.45, 7) is 14.7. The number of hydrogen-bond donors (Lipinski definition) is 1. The molecule has 180 valence electrons. The second kappa shape index (κ2) is 14.1. The van der Waals surface area contributed by atoms with E-state index in [-0.39, 0.29) is 23.7 Å². The lowest BCUT2D eigenvalue weighted by Crippen LogP contribution is -2.33. The Morgan fingerprint density at radius 2 is 1.91 bits per heavy atom. The van der Waals surface area contributed by atoms with Gasteiger partial charge in [0.05, 0.1) is 16.6 Å². The van der Waals surface area contributed by atoms with Crippen molar-refractivity contribution in [1.82, 2.24) is 9.99 Å². The molecule has 1 N–H and O–H groups in total. The molecule has 0 saturated heterocycles. The first-order chi connectivity index (χ1) is 15.1. The molecule has 0 fully saturated rings. The number of rotatable bonds is 14. The van der Waals surface area contributed by atoms with Crippen molar-refractivity contribution in [1.29, 1.82) is 0 Å². The Morgan fingerprint density at radius 1 is 1.25 bits per heavy atom. The van der Waals surface area contributed by atoms with Crippen LogP contribution in [0.4, 0.5) is 5.69 Å². The van der Waals surface area contributed by atoms with Crippen molar-refractivity contribution in [2.75, 3.05) is 6.54 Å². The first kappa shape index (κ1) is 27.9. The summed E-state index contributed by atoms with van der Waals surface area (Å²) >= 11 is 0. The highest BCUT2D eigenvalue weighted by molar-refractivity contribution is 7.45. The molecule has 2 unspecified atom stereocenters. The van der Waals surface area contributed by atoms with E-state index < -0.39 is 19.6 Å². The third kappa shape index (κ3) is 8.81. The first-order valence-electron chi connectivity index (χ1n) is 11.1. The summed E-state index contributed by atoms with van der Waals surface area (Å²) in [5, 5.41) is 14.5. The number of amides is 1. The van der Waals surface area contributed by atoms with Crippen molar-refractivity contribution in [2.45, 2.75) is 86.0 Å². The predicted molar refractivity (Wildman–Crippen MR) is 129 cm³/mol. The van der Waals surface area contributed by atoms with E-state index in [9.17, 15) is 14.9 Å². The average molecular weight is 469 g/mol. The van der Waals surface area contributed by atoms with Gasteiger partial charge in [0.25, 0.3) is 5.69 Å². The summed E-state index contributed by atoms with van der Waals surface area (Å²) in [6, 6.07) is 5.11. The largest absolute Gasteiger partial charge is 0.425 e. The molecule has 1 aromatic carbocycles. The summed E-state index contributed by atoms with van der Waals surface area (Å²) in [5.74, 6) is -0.0478. The first-order valence-corrected chi connectivity index (χ1v) is 12.2. The van der Waals surface area contributed by atoms with E-state index in [2.05, 4.69) is 15.0 Å². The van der Waals surface area contributed by atoms with Crippen LogP contribution in [0.1, 0.15) is 78.5 Å². The Hall–Kier alpha value is -2.09. The van der Waals surface area contributed by atoms with Crippen molar-refractivity contribution in [3.05, 3.63) is 39.4 Å². The standard InChI is InChI=1S/C22H37N4O5P/c1-8-10-22(27)24-14-19-11-12-21(26(28)29)20(13-19)18(7)31-32(30-15-23-9-2)25(16(3)4)17(5)6/h11-13,15-18H,8-10,14H2,1-7H3,(H,24,27). The summed E-state index contributed by atoms with van der Waals surface area (Å²) in [7, 11) is -1.55. The van der Waals surface area contributed by atoms with Crippen LogP contribution in [0, 0.1) is 10.1 Å². The summed E-state index contributed by atoms with van der Waals surface area (Å²) in [4.78, 5) is 27.2. The van der Waals surface area contributed by atoms with Gasteiger partial charge in [0, 0.05) is 37.7 Å². The van der Waals surface area contributed by atoms with Crippen LogP contribution in [0.15, 0.2) is 23.2 Å². The van der Waals surface area contributed by atoms with Crippen LogP contribution >= 0.6 is 8.53 Å². The smallest absolute Gasteiger partial charge is 0.322 e. The number of aliphatic imine (C=N–C) groups is 1. The Labute approximate surface area is 192 Å². The molecular formula is C22H37N4O5P. The fourth-order valence-corrected chi connectivity index (χ4v) is 4.72. The molecule has 0 aromatic heterocycles. The summed E-state index contributed by atoms with van der Waals surface area (Å²) in [5.41, 5.74) is 1.18. The van der Waals surface area contributed by atoms with Crippen LogP contribution in [-0.2, 0) is 20.4 Å². The molecule has 9 nitrogen and oxygen atoms in total. The number of nitrogens with one attached hydrogen (secondary N) is 1. The molecule has 0 aliphatic carbocycles.